The second-order valence-electron chi connectivity index (χ2n) is 5.45. The fourth-order valence-corrected chi connectivity index (χ4v) is 3.78. The topological polar surface area (TPSA) is 85.4 Å². The third kappa shape index (κ3) is 4.37. The van der Waals surface area contributed by atoms with E-state index in [9.17, 15) is 26.4 Å². The first-order valence-corrected chi connectivity index (χ1v) is 9.92. The molecular weight excluding hydrogens is 405 g/mol. The summed E-state index contributed by atoms with van der Waals surface area (Å²) in [5.74, 6) is -1.18. The van der Waals surface area contributed by atoms with Crippen molar-refractivity contribution in [3.05, 3.63) is 53.2 Å². The van der Waals surface area contributed by atoms with Gasteiger partial charge < -0.3 is 9.50 Å². The number of rotatable bonds is 4. The maximum Gasteiger partial charge on any atom is 0.416 e. The molecule has 27 heavy (non-hydrogen) atoms. The smallest absolute Gasteiger partial charge is 0.354 e. The molecule has 3 aromatic rings. The summed E-state index contributed by atoms with van der Waals surface area (Å²) >= 11 is 0.705. The first kappa shape index (κ1) is 19.1. The summed E-state index contributed by atoms with van der Waals surface area (Å²) in [5.41, 5.74) is -0.212. The fraction of sp³-hybridized carbons (Fsp3) is 0.125. The summed E-state index contributed by atoms with van der Waals surface area (Å²) in [6, 6.07) is 6.17. The van der Waals surface area contributed by atoms with Crippen molar-refractivity contribution in [2.45, 2.75) is 6.18 Å². The molecule has 1 N–H and O–H groups in total. The number of nitrogens with zero attached hydrogens (tertiary/aromatic N) is 1. The van der Waals surface area contributed by atoms with Crippen LogP contribution >= 0.6 is 11.3 Å². The van der Waals surface area contributed by atoms with Crippen molar-refractivity contribution in [3.8, 4) is 0 Å². The van der Waals surface area contributed by atoms with Crippen LogP contribution in [0.3, 0.4) is 0 Å². The van der Waals surface area contributed by atoms with Gasteiger partial charge in [0.05, 0.1) is 17.5 Å². The lowest BCUT2D eigenvalue weighted by Crippen LogP contribution is -2.11. The first-order chi connectivity index (χ1) is 12.5. The van der Waals surface area contributed by atoms with Crippen molar-refractivity contribution in [3.63, 3.8) is 0 Å². The van der Waals surface area contributed by atoms with Gasteiger partial charge in [-0.3, -0.25) is 4.98 Å². The third-order valence-electron chi connectivity index (χ3n) is 3.38. The predicted molar refractivity (Wildman–Crippen MR) is 94.6 cm³/mol. The normalized spacial score (nSPS) is 12.1. The van der Waals surface area contributed by atoms with Gasteiger partial charge >= 0.3 is 22.3 Å². The lowest BCUT2D eigenvalue weighted by atomic mass is 10.1. The van der Waals surface area contributed by atoms with Crippen molar-refractivity contribution in [1.29, 1.82) is 0 Å². The number of halogens is 3. The molecule has 2 aromatic heterocycles. The van der Waals surface area contributed by atoms with Crippen LogP contribution in [0.25, 0.3) is 10.1 Å². The number of aromatic nitrogens is 1. The number of carbonyl (C=O) groups excluding carboxylic acids is 1. The molecule has 0 saturated heterocycles. The molecule has 0 saturated carbocycles. The fourth-order valence-electron chi connectivity index (χ4n) is 2.30. The minimum atomic E-state index is -4.55. The highest BCUT2D eigenvalue weighted by Gasteiger charge is 2.32. The molecule has 3 rings (SSSR count). The number of alkyl halides is 3. The van der Waals surface area contributed by atoms with Gasteiger partial charge in [-0.05, 0) is 24.3 Å². The molecule has 0 aliphatic rings. The van der Waals surface area contributed by atoms with Crippen molar-refractivity contribution >= 4 is 48.9 Å². The summed E-state index contributed by atoms with van der Waals surface area (Å²) in [6.07, 6.45) is -0.888. The Morgan fingerprint density at radius 3 is 2.44 bits per heavy atom. The monoisotopic (exact) mass is 416 g/mol. The van der Waals surface area contributed by atoms with Crippen LogP contribution in [0.4, 0.5) is 24.5 Å². The molecule has 0 fully saturated rings. The molecule has 11 heteroatoms. The van der Waals surface area contributed by atoms with Crippen LogP contribution in [0.1, 0.15) is 15.2 Å². The van der Waals surface area contributed by atoms with Gasteiger partial charge in [-0.1, -0.05) is 6.07 Å². The van der Waals surface area contributed by atoms with Crippen LogP contribution in [-0.2, 0) is 20.5 Å². The quantitative estimate of drug-likeness (QED) is 0.643. The Balaban J connectivity index is 2.15. The van der Waals surface area contributed by atoms with Crippen LogP contribution in [0.2, 0.25) is 0 Å². The van der Waals surface area contributed by atoms with E-state index in [4.69, 9.17) is 0 Å². The lowest BCUT2D eigenvalue weighted by molar-refractivity contribution is -0.137. The highest BCUT2D eigenvalue weighted by atomic mass is 32.2. The summed E-state index contributed by atoms with van der Waals surface area (Å²) < 4.78 is 66.0. The number of benzene rings is 1. The number of hydrogen-bond acceptors (Lipinski definition) is 7. The van der Waals surface area contributed by atoms with Gasteiger partial charge in [-0.2, -0.15) is 21.6 Å². The van der Waals surface area contributed by atoms with Crippen molar-refractivity contribution in [1.82, 2.24) is 4.98 Å². The summed E-state index contributed by atoms with van der Waals surface area (Å²) in [7, 11) is -4.09. The van der Waals surface area contributed by atoms with Crippen molar-refractivity contribution in [2.75, 3.05) is 11.6 Å². The summed E-state index contributed by atoms with van der Waals surface area (Å²) in [4.78, 5) is 15.9. The van der Waals surface area contributed by atoms with E-state index in [0.717, 1.165) is 12.1 Å². The van der Waals surface area contributed by atoms with E-state index in [2.05, 4.69) is 14.5 Å². The molecule has 0 unspecified atom stereocenters. The van der Waals surface area contributed by atoms with Gasteiger partial charge in [-0.25, -0.2) is 4.79 Å². The molecule has 1 aromatic carbocycles. The van der Waals surface area contributed by atoms with Gasteiger partial charge in [0.1, 0.15) is 4.88 Å². The Bertz CT molecular complexity index is 1110. The molecule has 6 nitrogen and oxygen atoms in total. The second kappa shape index (κ2) is 6.82. The predicted octanol–water partition coefficient (Wildman–Crippen LogP) is 4.18. The maximum absolute atomic E-state index is 13.0. The number of pyridine rings is 1. The Morgan fingerprint density at radius 2 is 1.85 bits per heavy atom. The van der Waals surface area contributed by atoms with E-state index in [0.29, 0.717) is 28.7 Å². The Kier molecular flexibility index (Phi) is 4.82. The Morgan fingerprint density at radius 1 is 1.19 bits per heavy atom. The van der Waals surface area contributed by atoms with Crippen LogP contribution in [0.5, 0.6) is 0 Å². The molecule has 0 radical (unpaired) electrons. The van der Waals surface area contributed by atoms with Crippen molar-refractivity contribution < 1.29 is 30.6 Å². The van der Waals surface area contributed by atoms with E-state index in [1.54, 1.807) is 12.1 Å². The number of fused-ring (bicyclic) bond motifs is 1. The number of hydrogen-bond donors (Lipinski definition) is 1. The SMILES string of the molecule is CS(=O)(=O)OC(=O)c1sc2cc(C(F)(F)F)ccc2c1Nc1ccncc1. The van der Waals surface area contributed by atoms with Gasteiger partial charge in [-0.15, -0.1) is 11.3 Å². The average molecular weight is 416 g/mol. The molecular formula is C16H11F3N2O4S2. The van der Waals surface area contributed by atoms with Gasteiger partial charge in [0, 0.05) is 28.2 Å². The Labute approximate surface area is 155 Å². The molecule has 0 aliphatic heterocycles. The van der Waals surface area contributed by atoms with E-state index in [1.807, 2.05) is 0 Å². The van der Waals surface area contributed by atoms with Gasteiger partial charge in [0.25, 0.3) is 0 Å². The zero-order valence-corrected chi connectivity index (χ0v) is 15.2. The maximum atomic E-state index is 13.0. The first-order valence-electron chi connectivity index (χ1n) is 7.29. The number of nitrogens with one attached hydrogen (secondary N) is 1. The van der Waals surface area contributed by atoms with Gasteiger partial charge in [0.15, 0.2) is 0 Å². The van der Waals surface area contributed by atoms with Crippen LogP contribution in [0.15, 0.2) is 42.7 Å². The zero-order valence-electron chi connectivity index (χ0n) is 13.6. The summed E-state index contributed by atoms with van der Waals surface area (Å²) in [5, 5.41) is 3.24. The van der Waals surface area contributed by atoms with Gasteiger partial charge in [0.2, 0.25) is 0 Å². The summed E-state index contributed by atoms with van der Waals surface area (Å²) in [6.45, 7) is 0. The van der Waals surface area contributed by atoms with Crippen LogP contribution in [-0.4, -0.2) is 25.6 Å². The second-order valence-corrected chi connectivity index (χ2v) is 8.08. The minimum Gasteiger partial charge on any atom is -0.354 e. The number of anilines is 2. The van der Waals surface area contributed by atoms with Crippen LogP contribution < -0.4 is 5.32 Å². The van der Waals surface area contributed by atoms with E-state index in [-0.39, 0.29) is 15.3 Å². The largest absolute Gasteiger partial charge is 0.416 e. The number of thiophene rings is 1. The highest BCUT2D eigenvalue weighted by Crippen LogP contribution is 2.41. The molecule has 142 valence electrons. The van der Waals surface area contributed by atoms with Crippen molar-refractivity contribution in [2.24, 2.45) is 0 Å². The zero-order chi connectivity index (χ0) is 19.8. The van der Waals surface area contributed by atoms with E-state index < -0.39 is 27.8 Å². The molecule has 0 bridgehead atoms. The minimum absolute atomic E-state index is 0.154. The van der Waals surface area contributed by atoms with E-state index in [1.165, 1.54) is 18.5 Å². The molecule has 0 aliphatic carbocycles. The highest BCUT2D eigenvalue weighted by molar-refractivity contribution is 7.86. The molecule has 0 atom stereocenters. The molecule has 2 heterocycles. The number of carbonyl (C=O) groups is 1. The molecule has 0 amide bonds. The Hall–Kier alpha value is -2.66. The third-order valence-corrected chi connectivity index (χ3v) is 4.97. The van der Waals surface area contributed by atoms with Crippen LogP contribution in [0, 0.1) is 0 Å². The van der Waals surface area contributed by atoms with E-state index >= 15 is 0 Å². The molecule has 0 spiro atoms. The standard InChI is InChI=1S/C16H11F3N2O4S2/c1-27(23,24)25-15(22)14-13(21-10-4-6-20-7-5-10)11-3-2-9(16(17,18)19)8-12(11)26-14/h2-8H,1H3,(H,20,21). The lowest BCUT2D eigenvalue weighted by Gasteiger charge is -2.09. The average Bonchev–Trinajstić information content (AvgIpc) is 2.91.